The standard InChI is InChI=1S/C14H18N4O3/c1-3-14(4-2)12(20)18(13(21)17-14)9-11(19)16-10-5-7-15-8-6-10/h5-8H,3-4,9H2,1-2H3,(H,17,21)(H,15,16,19). The van der Waals surface area contributed by atoms with Crippen molar-refractivity contribution in [2.45, 2.75) is 32.2 Å². The van der Waals surface area contributed by atoms with Crippen molar-refractivity contribution in [3.8, 4) is 0 Å². The molecule has 0 radical (unpaired) electrons. The van der Waals surface area contributed by atoms with E-state index in [1.807, 2.05) is 13.8 Å². The maximum Gasteiger partial charge on any atom is 0.325 e. The van der Waals surface area contributed by atoms with Crippen LogP contribution in [-0.2, 0) is 9.59 Å². The number of nitrogens with one attached hydrogen (secondary N) is 2. The maximum absolute atomic E-state index is 12.3. The number of pyridine rings is 1. The van der Waals surface area contributed by atoms with Crippen molar-refractivity contribution in [3.63, 3.8) is 0 Å². The highest BCUT2D eigenvalue weighted by Gasteiger charge is 2.49. The molecule has 21 heavy (non-hydrogen) atoms. The van der Waals surface area contributed by atoms with Crippen molar-refractivity contribution < 1.29 is 14.4 Å². The number of carbonyl (C=O) groups is 3. The number of rotatable bonds is 5. The molecule has 2 N–H and O–H groups in total. The number of anilines is 1. The van der Waals surface area contributed by atoms with Gasteiger partial charge in [-0.2, -0.15) is 0 Å². The second-order valence-electron chi connectivity index (χ2n) is 4.89. The van der Waals surface area contributed by atoms with Crippen molar-refractivity contribution in [2.75, 3.05) is 11.9 Å². The third kappa shape index (κ3) is 2.86. The van der Waals surface area contributed by atoms with Gasteiger partial charge in [0.1, 0.15) is 12.1 Å². The van der Waals surface area contributed by atoms with E-state index < -0.39 is 17.5 Å². The van der Waals surface area contributed by atoms with Crippen LogP contribution in [0.5, 0.6) is 0 Å². The minimum absolute atomic E-state index is 0.297. The summed E-state index contributed by atoms with van der Waals surface area (Å²) in [5.41, 5.74) is -0.312. The summed E-state index contributed by atoms with van der Waals surface area (Å²) in [6.45, 7) is 3.37. The summed E-state index contributed by atoms with van der Waals surface area (Å²) in [4.78, 5) is 41.0. The summed E-state index contributed by atoms with van der Waals surface area (Å²) < 4.78 is 0. The molecule has 0 aliphatic carbocycles. The van der Waals surface area contributed by atoms with Crippen LogP contribution in [0.15, 0.2) is 24.5 Å². The van der Waals surface area contributed by atoms with Crippen LogP contribution in [0.25, 0.3) is 0 Å². The molecule has 7 heteroatoms. The van der Waals surface area contributed by atoms with Crippen molar-refractivity contribution in [2.24, 2.45) is 0 Å². The summed E-state index contributed by atoms with van der Waals surface area (Å²) >= 11 is 0. The summed E-state index contributed by atoms with van der Waals surface area (Å²) in [6, 6.07) is 2.74. The van der Waals surface area contributed by atoms with Gasteiger partial charge in [0.25, 0.3) is 5.91 Å². The molecular formula is C14H18N4O3. The van der Waals surface area contributed by atoms with E-state index in [2.05, 4.69) is 15.6 Å². The van der Waals surface area contributed by atoms with E-state index in [4.69, 9.17) is 0 Å². The van der Waals surface area contributed by atoms with Crippen LogP contribution in [0.1, 0.15) is 26.7 Å². The normalized spacial score (nSPS) is 16.8. The molecule has 2 heterocycles. The molecule has 2 rings (SSSR count). The molecule has 0 unspecified atom stereocenters. The Morgan fingerprint density at radius 1 is 1.29 bits per heavy atom. The number of nitrogens with zero attached hydrogens (tertiary/aromatic N) is 2. The summed E-state index contributed by atoms with van der Waals surface area (Å²) in [6.07, 6.45) is 4.08. The Morgan fingerprint density at radius 2 is 1.90 bits per heavy atom. The average Bonchev–Trinajstić information content (AvgIpc) is 2.73. The van der Waals surface area contributed by atoms with Crippen molar-refractivity contribution in [1.82, 2.24) is 15.2 Å². The van der Waals surface area contributed by atoms with E-state index in [9.17, 15) is 14.4 Å². The van der Waals surface area contributed by atoms with Gasteiger partial charge in [-0.15, -0.1) is 0 Å². The van der Waals surface area contributed by atoms with Gasteiger partial charge >= 0.3 is 6.03 Å². The van der Waals surface area contributed by atoms with Crippen LogP contribution in [0, 0.1) is 0 Å². The van der Waals surface area contributed by atoms with E-state index in [1.54, 1.807) is 24.5 Å². The Balaban J connectivity index is 2.04. The predicted molar refractivity (Wildman–Crippen MR) is 76.4 cm³/mol. The molecule has 1 aliphatic heterocycles. The average molecular weight is 290 g/mol. The number of hydrogen-bond acceptors (Lipinski definition) is 4. The third-order valence-corrected chi connectivity index (χ3v) is 3.72. The summed E-state index contributed by atoms with van der Waals surface area (Å²) in [5, 5.41) is 5.30. The van der Waals surface area contributed by atoms with Gasteiger partial charge in [0.2, 0.25) is 5.91 Å². The zero-order valence-corrected chi connectivity index (χ0v) is 12.0. The van der Waals surface area contributed by atoms with Crippen LogP contribution in [-0.4, -0.2) is 39.8 Å². The number of urea groups is 1. The first-order valence-corrected chi connectivity index (χ1v) is 6.86. The van der Waals surface area contributed by atoms with E-state index >= 15 is 0 Å². The Labute approximate surface area is 122 Å². The second-order valence-corrected chi connectivity index (χ2v) is 4.89. The van der Waals surface area contributed by atoms with Gasteiger partial charge < -0.3 is 10.6 Å². The number of carbonyl (C=O) groups excluding carboxylic acids is 3. The Bertz CT molecular complexity index is 555. The zero-order chi connectivity index (χ0) is 15.5. The lowest BCUT2D eigenvalue weighted by Crippen LogP contribution is -2.46. The summed E-state index contributed by atoms with van der Waals surface area (Å²) in [5.74, 6) is -0.768. The van der Waals surface area contributed by atoms with Gasteiger partial charge in [0, 0.05) is 18.1 Å². The Hall–Kier alpha value is -2.44. The molecule has 0 atom stereocenters. The number of imide groups is 1. The highest BCUT2D eigenvalue weighted by molar-refractivity contribution is 6.10. The molecule has 1 aliphatic rings. The first-order valence-electron chi connectivity index (χ1n) is 6.86. The van der Waals surface area contributed by atoms with Gasteiger partial charge in [-0.05, 0) is 25.0 Å². The molecule has 112 valence electrons. The van der Waals surface area contributed by atoms with Gasteiger partial charge in [-0.25, -0.2) is 4.79 Å². The molecule has 0 bridgehead atoms. The minimum atomic E-state index is -0.881. The maximum atomic E-state index is 12.3. The fourth-order valence-corrected chi connectivity index (χ4v) is 2.33. The molecule has 1 aromatic rings. The Morgan fingerprint density at radius 3 is 2.43 bits per heavy atom. The van der Waals surface area contributed by atoms with E-state index in [-0.39, 0.29) is 12.5 Å². The second kappa shape index (κ2) is 5.90. The van der Waals surface area contributed by atoms with Crippen LogP contribution in [0.2, 0.25) is 0 Å². The van der Waals surface area contributed by atoms with Gasteiger partial charge in [0.05, 0.1) is 0 Å². The fourth-order valence-electron chi connectivity index (χ4n) is 2.33. The van der Waals surface area contributed by atoms with E-state index in [0.29, 0.717) is 18.5 Å². The SMILES string of the molecule is CCC1(CC)NC(=O)N(CC(=O)Nc2ccncc2)C1=O. The predicted octanol–water partition coefficient (Wildman–Crippen LogP) is 1.13. The van der Waals surface area contributed by atoms with Gasteiger partial charge in [0.15, 0.2) is 0 Å². The van der Waals surface area contributed by atoms with Crippen molar-refractivity contribution in [1.29, 1.82) is 0 Å². The molecule has 7 nitrogen and oxygen atoms in total. The lowest BCUT2D eigenvalue weighted by molar-refractivity contribution is -0.134. The molecule has 0 spiro atoms. The lowest BCUT2D eigenvalue weighted by atomic mass is 9.93. The molecule has 4 amide bonds. The first-order chi connectivity index (χ1) is 10.0. The first kappa shape index (κ1) is 15.0. The van der Waals surface area contributed by atoms with Crippen LogP contribution >= 0.6 is 0 Å². The van der Waals surface area contributed by atoms with Crippen molar-refractivity contribution >= 4 is 23.5 Å². The summed E-state index contributed by atoms with van der Waals surface area (Å²) in [7, 11) is 0. The highest BCUT2D eigenvalue weighted by Crippen LogP contribution is 2.24. The molecule has 1 saturated heterocycles. The number of aromatic nitrogens is 1. The minimum Gasteiger partial charge on any atom is -0.324 e. The molecular weight excluding hydrogens is 272 g/mol. The van der Waals surface area contributed by atoms with Crippen LogP contribution < -0.4 is 10.6 Å². The smallest absolute Gasteiger partial charge is 0.324 e. The third-order valence-electron chi connectivity index (χ3n) is 3.72. The number of hydrogen-bond donors (Lipinski definition) is 2. The van der Waals surface area contributed by atoms with E-state index in [0.717, 1.165) is 4.90 Å². The van der Waals surface area contributed by atoms with Crippen LogP contribution in [0.3, 0.4) is 0 Å². The molecule has 0 aromatic carbocycles. The van der Waals surface area contributed by atoms with Crippen molar-refractivity contribution in [3.05, 3.63) is 24.5 Å². The molecule has 0 saturated carbocycles. The monoisotopic (exact) mass is 290 g/mol. The molecule has 1 fully saturated rings. The van der Waals surface area contributed by atoms with E-state index in [1.165, 1.54) is 0 Å². The van der Waals surface area contributed by atoms with Gasteiger partial charge in [-0.3, -0.25) is 19.5 Å². The highest BCUT2D eigenvalue weighted by atomic mass is 16.2. The quantitative estimate of drug-likeness (QED) is 0.795. The largest absolute Gasteiger partial charge is 0.325 e. The zero-order valence-electron chi connectivity index (χ0n) is 12.0. The fraction of sp³-hybridized carbons (Fsp3) is 0.429. The van der Waals surface area contributed by atoms with Crippen LogP contribution in [0.4, 0.5) is 10.5 Å². The van der Waals surface area contributed by atoms with Gasteiger partial charge in [-0.1, -0.05) is 13.8 Å². The Kier molecular flexibility index (Phi) is 4.21. The number of amides is 4. The topological polar surface area (TPSA) is 91.4 Å². The molecule has 1 aromatic heterocycles. The lowest BCUT2D eigenvalue weighted by Gasteiger charge is -2.22.